The monoisotopic (exact) mass is 403 g/mol. The van der Waals surface area contributed by atoms with Gasteiger partial charge in [0.1, 0.15) is 18.1 Å². The zero-order valence-corrected chi connectivity index (χ0v) is 16.1. The topological polar surface area (TPSA) is 80.0 Å². The fourth-order valence-corrected chi connectivity index (χ4v) is 2.50. The van der Waals surface area contributed by atoms with Crippen LogP contribution in [0.15, 0.2) is 53.1 Å². The number of carbonyl (C=O) groups is 1. The van der Waals surface area contributed by atoms with Crippen molar-refractivity contribution in [2.24, 2.45) is 0 Å². The van der Waals surface area contributed by atoms with E-state index in [0.29, 0.717) is 33.7 Å². The van der Waals surface area contributed by atoms with Gasteiger partial charge in [0.25, 0.3) is 0 Å². The molecule has 1 aromatic heterocycles. The largest absolute Gasteiger partial charge is 0.493 e. The molecule has 0 bridgehead atoms. The van der Waals surface area contributed by atoms with Gasteiger partial charge in [-0.05, 0) is 42.5 Å². The molecule has 0 saturated heterocycles. The van der Waals surface area contributed by atoms with Gasteiger partial charge in [0.05, 0.1) is 14.2 Å². The van der Waals surface area contributed by atoms with E-state index in [1.165, 1.54) is 0 Å². The van der Waals surface area contributed by atoms with Crippen molar-refractivity contribution in [2.75, 3.05) is 20.8 Å². The molecule has 0 unspecified atom stereocenters. The van der Waals surface area contributed by atoms with Crippen LogP contribution in [0.2, 0.25) is 5.02 Å². The van der Waals surface area contributed by atoms with Gasteiger partial charge in [0.15, 0.2) is 23.9 Å². The molecular formula is C20H18ClNO6. The summed E-state index contributed by atoms with van der Waals surface area (Å²) < 4.78 is 26.3. The van der Waals surface area contributed by atoms with Gasteiger partial charge in [0, 0.05) is 16.7 Å². The molecule has 0 aliphatic heterocycles. The fraction of sp³-hybridized carbons (Fsp3) is 0.200. The molecule has 2 aromatic carbocycles. The number of methoxy groups -OCH3 is 2. The van der Waals surface area contributed by atoms with Crippen molar-refractivity contribution in [3.63, 3.8) is 0 Å². The third-order valence-corrected chi connectivity index (χ3v) is 4.03. The lowest BCUT2D eigenvalue weighted by Gasteiger charge is -2.07. The van der Waals surface area contributed by atoms with E-state index < -0.39 is 5.97 Å². The third kappa shape index (κ3) is 4.95. The smallest absolute Gasteiger partial charge is 0.344 e. The van der Waals surface area contributed by atoms with Gasteiger partial charge < -0.3 is 23.5 Å². The molecule has 3 rings (SSSR count). The first-order chi connectivity index (χ1) is 13.6. The molecule has 0 spiro atoms. The average molecular weight is 404 g/mol. The Morgan fingerprint density at radius 1 is 1.04 bits per heavy atom. The second-order valence-corrected chi connectivity index (χ2v) is 6.09. The van der Waals surface area contributed by atoms with Gasteiger partial charge in [-0.2, -0.15) is 0 Å². The van der Waals surface area contributed by atoms with Gasteiger partial charge >= 0.3 is 5.97 Å². The van der Waals surface area contributed by atoms with Crippen molar-refractivity contribution < 1.29 is 28.3 Å². The van der Waals surface area contributed by atoms with Crippen molar-refractivity contribution in [2.45, 2.75) is 6.61 Å². The quantitative estimate of drug-likeness (QED) is 0.523. The van der Waals surface area contributed by atoms with E-state index in [9.17, 15) is 4.79 Å². The number of hydrogen-bond donors (Lipinski definition) is 0. The van der Waals surface area contributed by atoms with Crippen LogP contribution >= 0.6 is 11.6 Å². The van der Waals surface area contributed by atoms with Crippen LogP contribution in [-0.4, -0.2) is 32.0 Å². The highest BCUT2D eigenvalue weighted by atomic mass is 35.5. The molecule has 3 aromatic rings. The molecule has 28 heavy (non-hydrogen) atoms. The first-order valence-electron chi connectivity index (χ1n) is 8.31. The van der Waals surface area contributed by atoms with Crippen LogP contribution in [0.1, 0.15) is 5.69 Å². The summed E-state index contributed by atoms with van der Waals surface area (Å²) >= 11 is 5.79. The predicted molar refractivity (Wildman–Crippen MR) is 102 cm³/mol. The highest BCUT2D eigenvalue weighted by molar-refractivity contribution is 6.30. The zero-order chi connectivity index (χ0) is 19.9. The van der Waals surface area contributed by atoms with Gasteiger partial charge in [-0.15, -0.1) is 0 Å². The van der Waals surface area contributed by atoms with E-state index in [-0.39, 0.29) is 13.2 Å². The van der Waals surface area contributed by atoms with Gasteiger partial charge in [0.2, 0.25) is 0 Å². The molecule has 0 N–H and O–H groups in total. The van der Waals surface area contributed by atoms with E-state index in [0.717, 1.165) is 5.56 Å². The molecule has 146 valence electrons. The van der Waals surface area contributed by atoms with Crippen LogP contribution in [0.4, 0.5) is 0 Å². The highest BCUT2D eigenvalue weighted by Crippen LogP contribution is 2.32. The average Bonchev–Trinajstić information content (AvgIpc) is 3.20. The Hall–Kier alpha value is -3.19. The Morgan fingerprint density at radius 3 is 2.50 bits per heavy atom. The highest BCUT2D eigenvalue weighted by Gasteiger charge is 2.12. The van der Waals surface area contributed by atoms with Crippen molar-refractivity contribution in [1.82, 2.24) is 5.16 Å². The molecule has 7 nitrogen and oxygen atoms in total. The summed E-state index contributed by atoms with van der Waals surface area (Å²) in [5, 5.41) is 4.50. The maximum atomic E-state index is 11.8. The lowest BCUT2D eigenvalue weighted by Crippen LogP contribution is -2.14. The van der Waals surface area contributed by atoms with E-state index in [4.69, 9.17) is 35.1 Å². The second-order valence-electron chi connectivity index (χ2n) is 5.66. The minimum Gasteiger partial charge on any atom is -0.493 e. The summed E-state index contributed by atoms with van der Waals surface area (Å²) in [6.07, 6.45) is 0. The molecular weight excluding hydrogens is 386 g/mol. The molecule has 0 radical (unpaired) electrons. The summed E-state index contributed by atoms with van der Waals surface area (Å²) in [5.41, 5.74) is 1.23. The van der Waals surface area contributed by atoms with Crippen molar-refractivity contribution in [1.29, 1.82) is 0 Å². The molecule has 0 fully saturated rings. The Morgan fingerprint density at radius 2 is 1.79 bits per heavy atom. The number of benzene rings is 2. The van der Waals surface area contributed by atoms with Crippen LogP contribution in [-0.2, 0) is 16.1 Å². The fourth-order valence-electron chi connectivity index (χ4n) is 2.37. The van der Waals surface area contributed by atoms with E-state index in [1.807, 2.05) is 6.07 Å². The van der Waals surface area contributed by atoms with Crippen molar-refractivity contribution in [3.8, 4) is 28.6 Å². The minimum absolute atomic E-state index is 0.0282. The Balaban J connectivity index is 1.54. The lowest BCUT2D eigenvalue weighted by molar-refractivity contribution is -0.147. The van der Waals surface area contributed by atoms with Crippen LogP contribution in [0.5, 0.6) is 17.2 Å². The zero-order valence-electron chi connectivity index (χ0n) is 15.3. The minimum atomic E-state index is -0.523. The van der Waals surface area contributed by atoms with Gasteiger partial charge in [-0.1, -0.05) is 16.8 Å². The first kappa shape index (κ1) is 19.6. The van der Waals surface area contributed by atoms with E-state index in [2.05, 4.69) is 5.16 Å². The predicted octanol–water partition coefficient (Wildman–Crippen LogP) is 4.13. The normalized spacial score (nSPS) is 10.4. The number of ether oxygens (including phenoxy) is 4. The SMILES string of the molecule is COc1ccc(-c2cc(COC(=O)COc3ccc(Cl)cc3)no2)cc1OC. The molecule has 0 aliphatic carbocycles. The number of carbonyl (C=O) groups excluding carboxylic acids is 1. The van der Waals surface area contributed by atoms with E-state index in [1.54, 1.807) is 56.7 Å². The Bertz CT molecular complexity index is 938. The second kappa shape index (κ2) is 9.14. The standard InChI is InChI=1S/C20H18ClNO6/c1-24-17-8-3-13(9-19(17)25-2)18-10-15(22-28-18)11-27-20(23)12-26-16-6-4-14(21)5-7-16/h3-10H,11-12H2,1-2H3. The number of hydrogen-bond acceptors (Lipinski definition) is 7. The number of rotatable bonds is 8. The third-order valence-electron chi connectivity index (χ3n) is 3.78. The van der Waals surface area contributed by atoms with Gasteiger partial charge in [-0.3, -0.25) is 0 Å². The Kier molecular flexibility index (Phi) is 6.39. The van der Waals surface area contributed by atoms with Crippen LogP contribution in [0.3, 0.4) is 0 Å². The number of esters is 1. The van der Waals surface area contributed by atoms with Crippen LogP contribution in [0.25, 0.3) is 11.3 Å². The molecule has 0 saturated carbocycles. The summed E-state index contributed by atoms with van der Waals surface area (Å²) in [7, 11) is 3.12. The van der Waals surface area contributed by atoms with Crippen LogP contribution < -0.4 is 14.2 Å². The van der Waals surface area contributed by atoms with Crippen molar-refractivity contribution >= 4 is 17.6 Å². The van der Waals surface area contributed by atoms with Crippen molar-refractivity contribution in [3.05, 3.63) is 59.2 Å². The molecule has 8 heteroatoms. The first-order valence-corrected chi connectivity index (χ1v) is 8.69. The number of halogens is 1. The summed E-state index contributed by atoms with van der Waals surface area (Å²) in [6, 6.07) is 13.7. The molecule has 0 aliphatic rings. The Labute approximate surface area is 166 Å². The molecule has 1 heterocycles. The summed E-state index contributed by atoms with van der Waals surface area (Å²) in [6.45, 7) is -0.248. The molecule has 0 atom stereocenters. The maximum absolute atomic E-state index is 11.8. The van der Waals surface area contributed by atoms with Gasteiger partial charge in [-0.25, -0.2) is 4.79 Å². The summed E-state index contributed by atoms with van der Waals surface area (Å²) in [4.78, 5) is 11.8. The maximum Gasteiger partial charge on any atom is 0.344 e. The summed E-state index contributed by atoms with van der Waals surface area (Å²) in [5.74, 6) is 1.71. The number of aromatic nitrogens is 1. The number of nitrogens with zero attached hydrogens (tertiary/aromatic N) is 1. The molecule has 0 amide bonds. The lowest BCUT2D eigenvalue weighted by atomic mass is 10.1. The van der Waals surface area contributed by atoms with E-state index >= 15 is 0 Å². The van der Waals surface area contributed by atoms with Crippen LogP contribution in [0, 0.1) is 0 Å².